The molecule has 0 aliphatic rings. The average molecular weight is 582 g/mol. The Kier molecular flexibility index (Phi) is 7.77. The number of Topliss-reactive ketones (excluding diaryl/α,β-unsaturated/α-hetero) is 1. The zero-order valence-electron chi connectivity index (χ0n) is 21.8. The Labute approximate surface area is 234 Å². The number of rotatable bonds is 11. The second-order valence-corrected chi connectivity index (χ2v) is 11.7. The van der Waals surface area contributed by atoms with Crippen molar-refractivity contribution in [3.05, 3.63) is 92.5 Å². The molecule has 12 heteroatoms. The molecule has 0 spiro atoms. The first-order chi connectivity index (χ1) is 19.2. The number of benzene rings is 2. The molecule has 0 saturated heterocycles. The lowest BCUT2D eigenvalue weighted by atomic mass is 10.1. The summed E-state index contributed by atoms with van der Waals surface area (Å²) in [5.74, 6) is -0.419. The van der Waals surface area contributed by atoms with Crippen molar-refractivity contribution in [1.29, 1.82) is 0 Å². The van der Waals surface area contributed by atoms with E-state index >= 15 is 0 Å². The van der Waals surface area contributed by atoms with Crippen molar-refractivity contribution in [3.8, 4) is 0 Å². The van der Waals surface area contributed by atoms with Gasteiger partial charge in [-0.2, -0.15) is 4.98 Å². The third-order valence-electron chi connectivity index (χ3n) is 6.84. The Morgan fingerprint density at radius 3 is 2.40 bits per heavy atom. The Morgan fingerprint density at radius 1 is 0.950 bits per heavy atom. The summed E-state index contributed by atoms with van der Waals surface area (Å²) in [6, 6.07) is 16.4. The number of aromatic nitrogens is 5. The van der Waals surface area contributed by atoms with Crippen LogP contribution in [0.3, 0.4) is 0 Å². The van der Waals surface area contributed by atoms with Gasteiger partial charge in [-0.3, -0.25) is 18.7 Å². The van der Waals surface area contributed by atoms with Gasteiger partial charge in [0.15, 0.2) is 16.9 Å². The normalized spacial score (nSPS) is 11.9. The summed E-state index contributed by atoms with van der Waals surface area (Å²) in [5, 5.41) is 0.620. The maximum Gasteiger partial charge on any atom is 0.332 e. The largest absolute Gasteiger partial charge is 0.332 e. The first-order valence-corrected chi connectivity index (χ1v) is 14.9. The number of H-pyrrole nitrogens is 1. The summed E-state index contributed by atoms with van der Waals surface area (Å²) < 4.78 is 30.8. The molecule has 3 aromatic heterocycles. The van der Waals surface area contributed by atoms with Gasteiger partial charge in [0, 0.05) is 24.9 Å². The van der Waals surface area contributed by atoms with Gasteiger partial charge in [-0.05, 0) is 48.7 Å². The summed E-state index contributed by atoms with van der Waals surface area (Å²) in [6.45, 7) is 2.39. The molecular formula is C28H28ClN5O5S. The van der Waals surface area contributed by atoms with E-state index in [0.717, 1.165) is 27.8 Å². The van der Waals surface area contributed by atoms with Crippen LogP contribution in [0, 0.1) is 0 Å². The van der Waals surface area contributed by atoms with Crippen molar-refractivity contribution in [1.82, 2.24) is 23.1 Å². The minimum atomic E-state index is -4.06. The van der Waals surface area contributed by atoms with Crippen LogP contribution in [0.15, 0.2) is 75.1 Å². The number of aromatic amines is 1. The number of nitrogens with zero attached hydrogens (tertiary/aromatic N) is 4. The summed E-state index contributed by atoms with van der Waals surface area (Å²) >= 11 is 6.01. The highest BCUT2D eigenvalue weighted by Crippen LogP contribution is 2.27. The molecule has 10 nitrogen and oxygen atoms in total. The Balaban J connectivity index is 1.46. The van der Waals surface area contributed by atoms with Gasteiger partial charge in [-0.1, -0.05) is 56.2 Å². The summed E-state index contributed by atoms with van der Waals surface area (Å²) in [7, 11) is -4.06. The van der Waals surface area contributed by atoms with Gasteiger partial charge in [0.1, 0.15) is 5.69 Å². The minimum Gasteiger partial charge on any atom is -0.323 e. The van der Waals surface area contributed by atoms with Crippen LogP contribution in [0.2, 0.25) is 5.28 Å². The number of hydrogen-bond acceptors (Lipinski definition) is 6. The first-order valence-electron chi connectivity index (χ1n) is 13.1. The van der Waals surface area contributed by atoms with Gasteiger partial charge in [0.25, 0.3) is 15.6 Å². The summed E-state index contributed by atoms with van der Waals surface area (Å²) in [5.41, 5.74) is -0.349. The standard InChI is InChI=1S/C28H28ClN5O5S/c1-2-3-9-16-32-25-24(30-27(29)31-25)26(36)33(28(32)37)17-10-15-23(35)22-18-19-11-7-8-14-21(19)34(22)40(38,39)20-12-5-4-6-13-20/h4-8,11-14,18H,2-3,9-10,15-17H2,1H3,(H,30,31). The molecule has 5 rings (SSSR count). The number of nitrogens with one attached hydrogen (secondary N) is 1. The smallest absolute Gasteiger partial charge is 0.323 e. The van der Waals surface area contributed by atoms with Crippen LogP contribution in [0.5, 0.6) is 0 Å². The highest BCUT2D eigenvalue weighted by Gasteiger charge is 2.26. The third-order valence-corrected chi connectivity index (χ3v) is 8.76. The van der Waals surface area contributed by atoms with Crippen LogP contribution in [0.1, 0.15) is 49.5 Å². The van der Waals surface area contributed by atoms with Crippen LogP contribution in [0.25, 0.3) is 22.1 Å². The molecule has 208 valence electrons. The van der Waals surface area contributed by atoms with E-state index in [1.807, 2.05) is 6.92 Å². The number of halogens is 1. The lowest BCUT2D eigenvalue weighted by molar-refractivity contribution is 0.0972. The third kappa shape index (κ3) is 5.02. The minimum absolute atomic E-state index is 0.0103. The number of aryl methyl sites for hydroxylation is 1. The van der Waals surface area contributed by atoms with Crippen molar-refractivity contribution in [2.24, 2.45) is 0 Å². The molecule has 2 aromatic carbocycles. The molecule has 40 heavy (non-hydrogen) atoms. The molecule has 0 amide bonds. The van der Waals surface area contributed by atoms with Crippen molar-refractivity contribution in [3.63, 3.8) is 0 Å². The van der Waals surface area contributed by atoms with E-state index in [1.165, 1.54) is 16.7 Å². The van der Waals surface area contributed by atoms with Gasteiger partial charge < -0.3 is 4.98 Å². The molecule has 0 atom stereocenters. The molecule has 0 bridgehead atoms. The SMILES string of the molecule is CCCCCn1c(=O)n(CCCC(=O)c2cc3ccccc3n2S(=O)(=O)c2ccccc2)c(=O)c2[nH]c(Cl)nc21. The Hall–Kier alpha value is -3.96. The number of carbonyl (C=O) groups excluding carboxylic acids is 1. The van der Waals surface area contributed by atoms with Gasteiger partial charge in [-0.25, -0.2) is 17.2 Å². The van der Waals surface area contributed by atoms with E-state index in [4.69, 9.17) is 11.6 Å². The maximum atomic E-state index is 13.6. The molecule has 3 heterocycles. The fourth-order valence-electron chi connectivity index (χ4n) is 4.86. The second kappa shape index (κ2) is 11.3. The Bertz CT molecular complexity index is 1940. The van der Waals surface area contributed by atoms with Crippen LogP contribution < -0.4 is 11.2 Å². The zero-order chi connectivity index (χ0) is 28.4. The molecule has 0 radical (unpaired) electrons. The lowest BCUT2D eigenvalue weighted by Crippen LogP contribution is -2.40. The van der Waals surface area contributed by atoms with E-state index in [-0.39, 0.29) is 46.4 Å². The van der Waals surface area contributed by atoms with Crippen molar-refractivity contribution in [2.75, 3.05) is 0 Å². The molecule has 0 unspecified atom stereocenters. The average Bonchev–Trinajstić information content (AvgIpc) is 3.54. The second-order valence-electron chi connectivity index (χ2n) is 9.52. The van der Waals surface area contributed by atoms with Crippen LogP contribution >= 0.6 is 11.6 Å². The quantitative estimate of drug-likeness (QED) is 0.138. The number of hydrogen-bond donors (Lipinski definition) is 1. The summed E-state index contributed by atoms with van der Waals surface area (Å²) in [4.78, 5) is 46.7. The van der Waals surface area contributed by atoms with Crippen molar-refractivity contribution in [2.45, 2.75) is 57.0 Å². The van der Waals surface area contributed by atoms with Crippen molar-refractivity contribution >= 4 is 49.5 Å². The van der Waals surface area contributed by atoms with Gasteiger partial charge in [-0.15, -0.1) is 0 Å². The fourth-order valence-corrected chi connectivity index (χ4v) is 6.59. The topological polar surface area (TPSA) is 129 Å². The van der Waals surface area contributed by atoms with Crippen LogP contribution in [-0.2, 0) is 23.1 Å². The molecule has 0 saturated carbocycles. The predicted octanol–water partition coefficient (Wildman–Crippen LogP) is 4.58. The predicted molar refractivity (Wildman–Crippen MR) is 154 cm³/mol. The van der Waals surface area contributed by atoms with Gasteiger partial charge in [0.05, 0.1) is 10.4 Å². The summed E-state index contributed by atoms with van der Waals surface area (Å²) in [6.07, 6.45) is 2.65. The van der Waals surface area contributed by atoms with Gasteiger partial charge >= 0.3 is 5.69 Å². The fraction of sp³-hybridized carbons (Fsp3) is 0.286. The van der Waals surface area contributed by atoms with Crippen LogP contribution in [0.4, 0.5) is 0 Å². The van der Waals surface area contributed by atoms with E-state index in [0.29, 0.717) is 17.4 Å². The van der Waals surface area contributed by atoms with Gasteiger partial charge in [0.2, 0.25) is 5.28 Å². The molecule has 0 aliphatic heterocycles. The monoisotopic (exact) mass is 581 g/mol. The maximum absolute atomic E-state index is 13.6. The molecular weight excluding hydrogens is 554 g/mol. The number of ketones is 1. The van der Waals surface area contributed by atoms with E-state index < -0.39 is 27.1 Å². The highest BCUT2D eigenvalue weighted by molar-refractivity contribution is 7.90. The van der Waals surface area contributed by atoms with Crippen molar-refractivity contribution < 1.29 is 13.2 Å². The lowest BCUT2D eigenvalue weighted by Gasteiger charge is -2.12. The Morgan fingerprint density at radius 2 is 1.65 bits per heavy atom. The number of fused-ring (bicyclic) bond motifs is 2. The number of para-hydroxylation sites is 1. The zero-order valence-corrected chi connectivity index (χ0v) is 23.4. The number of imidazole rings is 1. The molecule has 0 aliphatic carbocycles. The molecule has 5 aromatic rings. The molecule has 0 fully saturated rings. The highest BCUT2D eigenvalue weighted by atomic mass is 35.5. The van der Waals surface area contributed by atoms with E-state index in [1.54, 1.807) is 48.5 Å². The van der Waals surface area contributed by atoms with Crippen LogP contribution in [-0.4, -0.2) is 37.3 Å². The number of carbonyl (C=O) groups is 1. The van der Waals surface area contributed by atoms with E-state index in [9.17, 15) is 22.8 Å². The number of unbranched alkanes of at least 4 members (excludes halogenated alkanes) is 2. The van der Waals surface area contributed by atoms with E-state index in [2.05, 4.69) is 9.97 Å². The molecule has 1 N–H and O–H groups in total. The first kappa shape index (κ1) is 27.6.